The fraction of sp³-hybridized carbons (Fsp3) is 0.528. The molecule has 0 fully saturated rings. The van der Waals surface area contributed by atoms with Crippen molar-refractivity contribution in [2.75, 3.05) is 13.2 Å². The minimum atomic E-state index is -0.444. The first-order chi connectivity index (χ1) is 20.3. The number of benzene rings is 2. The molecule has 0 heterocycles. The van der Waals surface area contributed by atoms with Gasteiger partial charge in [0.1, 0.15) is 5.75 Å². The quantitative estimate of drug-likeness (QED) is 0.0713. The Labute approximate surface area is 253 Å². The molecule has 0 saturated heterocycles. The van der Waals surface area contributed by atoms with Crippen molar-refractivity contribution in [3.63, 3.8) is 0 Å². The first-order valence-corrected chi connectivity index (χ1v) is 15.7. The van der Waals surface area contributed by atoms with Crippen LogP contribution in [-0.4, -0.2) is 31.1 Å². The van der Waals surface area contributed by atoms with Crippen molar-refractivity contribution < 1.29 is 28.6 Å². The lowest BCUT2D eigenvalue weighted by atomic mass is 10.1. The van der Waals surface area contributed by atoms with Crippen LogP contribution in [0.1, 0.15) is 131 Å². The molecule has 0 N–H and O–H groups in total. The Balaban J connectivity index is 0.000000525. The van der Waals surface area contributed by atoms with Gasteiger partial charge in [0, 0.05) is 5.57 Å². The van der Waals surface area contributed by atoms with E-state index in [1.807, 2.05) is 25.1 Å². The normalized spacial score (nSPS) is 10.3. The highest BCUT2D eigenvalue weighted by Crippen LogP contribution is 2.19. The highest BCUT2D eigenvalue weighted by molar-refractivity contribution is 6.03. The van der Waals surface area contributed by atoms with Gasteiger partial charge < -0.3 is 14.2 Å². The first-order valence-electron chi connectivity index (χ1n) is 15.7. The van der Waals surface area contributed by atoms with Gasteiger partial charge in [0.15, 0.2) is 0 Å². The van der Waals surface area contributed by atoms with Crippen LogP contribution in [0, 0.1) is 0 Å². The highest BCUT2D eigenvalue weighted by atomic mass is 16.5. The molecule has 0 radical (unpaired) electrons. The van der Waals surface area contributed by atoms with Crippen LogP contribution in [0.4, 0.5) is 0 Å². The average molecular weight is 581 g/mol. The molecule has 0 aliphatic heterocycles. The monoisotopic (exact) mass is 580 g/mol. The molecule has 232 valence electrons. The zero-order valence-corrected chi connectivity index (χ0v) is 26.4. The van der Waals surface area contributed by atoms with E-state index in [1.54, 1.807) is 37.3 Å². The number of rotatable bonds is 19. The lowest BCUT2D eigenvalue weighted by Gasteiger charge is -2.10. The van der Waals surface area contributed by atoms with Crippen molar-refractivity contribution in [3.8, 4) is 5.75 Å². The lowest BCUT2D eigenvalue weighted by molar-refractivity contribution is -0.130. The molecular weight excluding hydrogens is 528 g/mol. The summed E-state index contributed by atoms with van der Waals surface area (Å²) in [5.41, 5.74) is 2.03. The molecule has 0 spiro atoms. The Kier molecular flexibility index (Phi) is 20.2. The van der Waals surface area contributed by atoms with Crippen molar-refractivity contribution in [3.05, 3.63) is 77.4 Å². The van der Waals surface area contributed by atoms with E-state index < -0.39 is 11.9 Å². The van der Waals surface area contributed by atoms with Crippen LogP contribution in [0.3, 0.4) is 0 Å². The zero-order chi connectivity index (χ0) is 31.0. The van der Waals surface area contributed by atoms with E-state index in [1.165, 1.54) is 51.4 Å². The second-order valence-corrected chi connectivity index (χ2v) is 10.5. The van der Waals surface area contributed by atoms with Crippen molar-refractivity contribution in [1.82, 2.24) is 0 Å². The summed E-state index contributed by atoms with van der Waals surface area (Å²) in [5, 5.41) is 0. The Morgan fingerprint density at radius 2 is 1.05 bits per heavy atom. The maximum atomic E-state index is 12.4. The van der Waals surface area contributed by atoms with Gasteiger partial charge in [-0.05, 0) is 49.9 Å². The third-order valence-electron chi connectivity index (χ3n) is 6.73. The molecule has 0 unspecified atom stereocenters. The number of carbonyl (C=O) groups excluding carboxylic acids is 3. The molecule has 2 aromatic rings. The Morgan fingerprint density at radius 1 is 0.619 bits per heavy atom. The van der Waals surface area contributed by atoms with Gasteiger partial charge in [-0.3, -0.25) is 0 Å². The van der Waals surface area contributed by atoms with Crippen molar-refractivity contribution in [2.45, 2.75) is 111 Å². The zero-order valence-electron chi connectivity index (χ0n) is 26.4. The summed E-state index contributed by atoms with van der Waals surface area (Å²) in [4.78, 5) is 36.0. The fourth-order valence-electron chi connectivity index (χ4n) is 4.17. The first kappa shape index (κ1) is 36.6. The minimum absolute atomic E-state index is 0.293. The second-order valence-electron chi connectivity index (χ2n) is 10.5. The molecular formula is C36H52O6. The van der Waals surface area contributed by atoms with Gasteiger partial charge >= 0.3 is 17.9 Å². The molecule has 0 atom stereocenters. The minimum Gasteiger partial charge on any atom is -0.462 e. The van der Waals surface area contributed by atoms with E-state index in [9.17, 15) is 14.4 Å². The Morgan fingerprint density at radius 3 is 1.50 bits per heavy atom. The van der Waals surface area contributed by atoms with E-state index in [2.05, 4.69) is 20.4 Å². The molecule has 2 rings (SSSR count). The van der Waals surface area contributed by atoms with Crippen LogP contribution in [0.25, 0.3) is 0 Å². The van der Waals surface area contributed by atoms with E-state index in [4.69, 9.17) is 14.2 Å². The molecule has 0 bridgehead atoms. The smallest absolute Gasteiger partial charge is 0.339 e. The summed E-state index contributed by atoms with van der Waals surface area (Å²) in [6.07, 6.45) is 14.5. The third kappa shape index (κ3) is 15.6. The van der Waals surface area contributed by atoms with Crippen LogP contribution in [0.2, 0.25) is 0 Å². The number of unbranched alkanes of at least 4 members (excludes halogenated alkanes) is 10. The van der Waals surface area contributed by atoms with E-state index in [0.29, 0.717) is 35.7 Å². The van der Waals surface area contributed by atoms with E-state index in [0.717, 1.165) is 37.7 Å². The van der Waals surface area contributed by atoms with Crippen LogP contribution >= 0.6 is 0 Å². The topological polar surface area (TPSA) is 78.9 Å². The summed E-state index contributed by atoms with van der Waals surface area (Å²) >= 11 is 0. The van der Waals surface area contributed by atoms with Crippen LogP contribution in [0.15, 0.2) is 60.7 Å². The van der Waals surface area contributed by atoms with E-state index in [-0.39, 0.29) is 5.97 Å². The number of hydrogen-bond donors (Lipinski definition) is 0. The SMILES string of the molecule is C=C(C)C(=O)Oc1ccccc1CC.CCCCCCCCOC(=O)c1ccccc1C(=O)OCCCCCCCC. The molecule has 42 heavy (non-hydrogen) atoms. The van der Waals surface area contributed by atoms with Gasteiger partial charge in [-0.25, -0.2) is 14.4 Å². The predicted octanol–water partition coefficient (Wildman–Crippen LogP) is 9.45. The highest BCUT2D eigenvalue weighted by Gasteiger charge is 2.18. The van der Waals surface area contributed by atoms with Crippen molar-refractivity contribution in [2.24, 2.45) is 0 Å². The molecule has 2 aromatic carbocycles. The van der Waals surface area contributed by atoms with Crippen LogP contribution in [-0.2, 0) is 20.7 Å². The number of esters is 3. The summed E-state index contributed by atoms with van der Waals surface area (Å²) in [6, 6.07) is 14.3. The van der Waals surface area contributed by atoms with Crippen molar-refractivity contribution in [1.29, 1.82) is 0 Å². The van der Waals surface area contributed by atoms with Gasteiger partial charge in [-0.2, -0.15) is 0 Å². The van der Waals surface area contributed by atoms with Crippen LogP contribution in [0.5, 0.6) is 5.75 Å². The van der Waals surface area contributed by atoms with E-state index >= 15 is 0 Å². The summed E-state index contributed by atoms with van der Waals surface area (Å²) in [5.74, 6) is -0.629. The Hall–Kier alpha value is -3.41. The summed E-state index contributed by atoms with van der Waals surface area (Å²) < 4.78 is 15.9. The lowest BCUT2D eigenvalue weighted by Crippen LogP contribution is -2.15. The third-order valence-corrected chi connectivity index (χ3v) is 6.73. The summed E-state index contributed by atoms with van der Waals surface area (Å²) in [6.45, 7) is 12.4. The Bertz CT molecular complexity index is 1030. The largest absolute Gasteiger partial charge is 0.462 e. The molecule has 0 saturated carbocycles. The van der Waals surface area contributed by atoms with Crippen molar-refractivity contribution >= 4 is 17.9 Å². The molecule has 0 aliphatic carbocycles. The second kappa shape index (κ2) is 23.2. The fourth-order valence-corrected chi connectivity index (χ4v) is 4.17. The average Bonchev–Trinajstić information content (AvgIpc) is 3.00. The van der Waals surface area contributed by atoms with Gasteiger partial charge in [0.05, 0.1) is 24.3 Å². The maximum Gasteiger partial charge on any atom is 0.339 e. The van der Waals surface area contributed by atoms with Gasteiger partial charge in [0.2, 0.25) is 0 Å². The van der Waals surface area contributed by atoms with Gasteiger partial charge in [-0.1, -0.05) is 122 Å². The standard InChI is InChI=1S/C24H38O4.C12H14O2/c1-3-5-7-9-11-15-19-27-23(25)21-17-13-14-18-22(21)24(26)28-20-16-12-10-8-6-4-2;1-4-10-7-5-6-8-11(10)14-12(13)9(2)3/h13-14,17-18H,3-12,15-16,19-20H2,1-2H3;5-8H,2,4H2,1,3H3. The molecule has 0 aliphatic rings. The number of carbonyl (C=O) groups is 3. The number of hydrogen-bond acceptors (Lipinski definition) is 6. The van der Waals surface area contributed by atoms with Gasteiger partial charge in [-0.15, -0.1) is 0 Å². The number of ether oxygens (including phenoxy) is 3. The number of para-hydroxylation sites is 1. The molecule has 6 nitrogen and oxygen atoms in total. The van der Waals surface area contributed by atoms with Crippen LogP contribution < -0.4 is 4.74 Å². The molecule has 6 heteroatoms. The summed E-state index contributed by atoms with van der Waals surface area (Å²) in [7, 11) is 0. The predicted molar refractivity (Wildman–Crippen MR) is 170 cm³/mol. The maximum absolute atomic E-state index is 12.4. The molecule has 0 amide bonds. The van der Waals surface area contributed by atoms with Gasteiger partial charge in [0.25, 0.3) is 0 Å². The molecule has 0 aromatic heterocycles. The number of aryl methyl sites for hydroxylation is 1.